The van der Waals surface area contributed by atoms with Crippen LogP contribution < -0.4 is 17.2 Å². The van der Waals surface area contributed by atoms with E-state index in [2.05, 4.69) is 4.99 Å². The lowest BCUT2D eigenvalue weighted by molar-refractivity contribution is -0.137. The van der Waals surface area contributed by atoms with Gasteiger partial charge in [-0.1, -0.05) is 12.1 Å². The fraction of sp³-hybridized carbons (Fsp3) is 0.333. The monoisotopic (exact) mass is 382 g/mol. The number of allylic oxidation sites excluding steroid dienone is 1. The van der Waals surface area contributed by atoms with Crippen LogP contribution in [0.2, 0.25) is 0 Å². The summed E-state index contributed by atoms with van der Waals surface area (Å²) in [6.07, 6.45) is -10.8. The topological polar surface area (TPSA) is 107 Å². The molecule has 1 amide bonds. The van der Waals surface area contributed by atoms with Crippen molar-refractivity contribution >= 4 is 11.7 Å². The maximum atomic E-state index is 12.5. The number of carbonyl (C=O) groups is 1. The zero-order valence-corrected chi connectivity index (χ0v) is 13.4. The summed E-state index contributed by atoms with van der Waals surface area (Å²) in [6.45, 7) is 1.42. The first kappa shape index (κ1) is 21.3. The van der Waals surface area contributed by atoms with E-state index in [4.69, 9.17) is 17.2 Å². The first-order valence-corrected chi connectivity index (χ1v) is 7.08. The van der Waals surface area contributed by atoms with Crippen molar-refractivity contribution < 1.29 is 31.1 Å². The average Bonchev–Trinajstić information content (AvgIpc) is 2.43. The lowest BCUT2D eigenvalue weighted by Gasteiger charge is -2.14. The Bertz CT molecular complexity index is 719. The summed E-state index contributed by atoms with van der Waals surface area (Å²) in [4.78, 5) is 15.2. The predicted octanol–water partition coefficient (Wildman–Crippen LogP) is 2.77. The van der Waals surface area contributed by atoms with Gasteiger partial charge in [0.15, 0.2) is 0 Å². The minimum atomic E-state index is -4.69. The molecule has 0 aromatic heterocycles. The van der Waals surface area contributed by atoms with Crippen molar-refractivity contribution in [3.63, 3.8) is 0 Å². The van der Waals surface area contributed by atoms with Gasteiger partial charge in [-0.05, 0) is 24.6 Å². The standard InChI is InChI=1S/C15H16F6N4O/c1-7(8-2-4-9(5-3-8)15(19,20)21)25-12(23)11(13(24)26)10(22)6-14(16,17)18/h2-5,7H,6,22H2,1H3,(H2,23,25)(H2,24,26). The third kappa shape index (κ3) is 5.97. The van der Waals surface area contributed by atoms with E-state index in [9.17, 15) is 31.1 Å². The lowest BCUT2D eigenvalue weighted by atomic mass is 10.1. The summed E-state index contributed by atoms with van der Waals surface area (Å²) in [5.74, 6) is -1.93. The van der Waals surface area contributed by atoms with Gasteiger partial charge in [0.2, 0.25) is 0 Å². The number of hydrogen-bond donors (Lipinski definition) is 3. The second-order valence-corrected chi connectivity index (χ2v) is 5.37. The SMILES string of the molecule is CC(N=C(N)C(C(N)=O)=C(N)CC(F)(F)F)c1ccc(C(F)(F)F)cc1. The van der Waals surface area contributed by atoms with Gasteiger partial charge in [-0.3, -0.25) is 9.79 Å². The fourth-order valence-corrected chi connectivity index (χ4v) is 2.05. The molecule has 0 bridgehead atoms. The van der Waals surface area contributed by atoms with Crippen molar-refractivity contribution in [1.29, 1.82) is 0 Å². The minimum Gasteiger partial charge on any atom is -0.401 e. The molecule has 0 spiro atoms. The first-order chi connectivity index (χ1) is 11.7. The van der Waals surface area contributed by atoms with Crippen LogP contribution in [0.1, 0.15) is 30.5 Å². The Morgan fingerprint density at radius 2 is 1.54 bits per heavy atom. The highest BCUT2D eigenvalue weighted by molar-refractivity contribution is 6.20. The zero-order chi connectivity index (χ0) is 20.3. The molecule has 0 aliphatic heterocycles. The number of hydrogen-bond acceptors (Lipinski definition) is 3. The van der Waals surface area contributed by atoms with Gasteiger partial charge in [-0.2, -0.15) is 26.3 Å². The van der Waals surface area contributed by atoms with Crippen molar-refractivity contribution in [2.24, 2.45) is 22.2 Å². The molecule has 0 aliphatic rings. The number of halogens is 6. The normalized spacial score (nSPS) is 15.4. The van der Waals surface area contributed by atoms with E-state index in [1.54, 1.807) is 0 Å². The van der Waals surface area contributed by atoms with E-state index < -0.39 is 53.4 Å². The summed E-state index contributed by atoms with van der Waals surface area (Å²) in [5, 5.41) is 0. The Labute approximate surface area is 144 Å². The molecule has 1 aromatic carbocycles. The number of amides is 1. The summed E-state index contributed by atoms with van der Waals surface area (Å²) in [5.41, 5.74) is 13.6. The van der Waals surface area contributed by atoms with Gasteiger partial charge in [0, 0.05) is 5.70 Å². The van der Waals surface area contributed by atoms with Gasteiger partial charge >= 0.3 is 12.4 Å². The Hall–Kier alpha value is -2.72. The number of nitrogens with zero attached hydrogens (tertiary/aromatic N) is 1. The molecule has 6 N–H and O–H groups in total. The highest BCUT2D eigenvalue weighted by Crippen LogP contribution is 2.30. The average molecular weight is 382 g/mol. The van der Waals surface area contributed by atoms with Crippen LogP contribution in [-0.2, 0) is 11.0 Å². The van der Waals surface area contributed by atoms with Crippen LogP contribution in [0, 0.1) is 0 Å². The molecule has 1 unspecified atom stereocenters. The Morgan fingerprint density at radius 1 is 1.04 bits per heavy atom. The molecule has 144 valence electrons. The molecule has 5 nitrogen and oxygen atoms in total. The van der Waals surface area contributed by atoms with Crippen LogP contribution in [0.5, 0.6) is 0 Å². The van der Waals surface area contributed by atoms with E-state index in [0.29, 0.717) is 5.56 Å². The van der Waals surface area contributed by atoms with Gasteiger partial charge < -0.3 is 17.2 Å². The first-order valence-electron chi connectivity index (χ1n) is 7.08. The van der Waals surface area contributed by atoms with Crippen LogP contribution in [0.15, 0.2) is 40.5 Å². The van der Waals surface area contributed by atoms with Crippen molar-refractivity contribution in [2.45, 2.75) is 31.7 Å². The fourth-order valence-electron chi connectivity index (χ4n) is 2.05. The van der Waals surface area contributed by atoms with Gasteiger partial charge in [-0.15, -0.1) is 0 Å². The smallest absolute Gasteiger partial charge is 0.401 e. The number of aliphatic imine (C=N–C) groups is 1. The number of amidine groups is 1. The number of carbonyl (C=O) groups excluding carboxylic acids is 1. The molecule has 11 heteroatoms. The van der Waals surface area contributed by atoms with Gasteiger partial charge in [0.1, 0.15) is 5.84 Å². The second kappa shape index (κ2) is 7.67. The van der Waals surface area contributed by atoms with Crippen molar-refractivity contribution in [2.75, 3.05) is 0 Å². The number of rotatable bonds is 5. The van der Waals surface area contributed by atoms with Crippen LogP contribution in [-0.4, -0.2) is 17.9 Å². The molecule has 1 aromatic rings. The Morgan fingerprint density at radius 3 is 1.92 bits per heavy atom. The lowest BCUT2D eigenvalue weighted by Crippen LogP contribution is -2.31. The second-order valence-electron chi connectivity index (χ2n) is 5.37. The molecule has 26 heavy (non-hydrogen) atoms. The van der Waals surface area contributed by atoms with Crippen molar-refractivity contribution in [3.8, 4) is 0 Å². The predicted molar refractivity (Wildman–Crippen MR) is 82.6 cm³/mol. The van der Waals surface area contributed by atoms with Gasteiger partial charge in [0.25, 0.3) is 5.91 Å². The number of primary amides is 1. The minimum absolute atomic E-state index is 0.291. The van der Waals surface area contributed by atoms with Gasteiger partial charge in [0.05, 0.1) is 23.6 Å². The summed E-state index contributed by atoms with van der Waals surface area (Å²) >= 11 is 0. The van der Waals surface area contributed by atoms with Crippen LogP contribution in [0.3, 0.4) is 0 Å². The molecule has 0 heterocycles. The van der Waals surface area contributed by atoms with Gasteiger partial charge in [-0.25, -0.2) is 0 Å². The van der Waals surface area contributed by atoms with Crippen LogP contribution >= 0.6 is 0 Å². The van der Waals surface area contributed by atoms with E-state index >= 15 is 0 Å². The Balaban J connectivity index is 3.16. The maximum Gasteiger partial charge on any atom is 0.416 e. The molecule has 1 atom stereocenters. The molecule has 0 saturated heterocycles. The Kier molecular flexibility index (Phi) is 6.29. The number of alkyl halides is 6. The molecule has 0 radical (unpaired) electrons. The third-order valence-corrected chi connectivity index (χ3v) is 3.27. The molecule has 0 saturated carbocycles. The summed E-state index contributed by atoms with van der Waals surface area (Å²) in [6, 6.07) is 3.06. The number of benzene rings is 1. The molecule has 0 fully saturated rings. The molecular weight excluding hydrogens is 366 g/mol. The molecular formula is C15H16F6N4O. The van der Waals surface area contributed by atoms with E-state index in [-0.39, 0.29) is 0 Å². The molecule has 0 aliphatic carbocycles. The maximum absolute atomic E-state index is 12.5. The summed E-state index contributed by atoms with van der Waals surface area (Å²) < 4.78 is 74.9. The number of nitrogens with two attached hydrogens (primary N) is 3. The third-order valence-electron chi connectivity index (χ3n) is 3.27. The summed E-state index contributed by atoms with van der Waals surface area (Å²) in [7, 11) is 0. The van der Waals surface area contributed by atoms with E-state index in [0.717, 1.165) is 24.3 Å². The van der Waals surface area contributed by atoms with Crippen molar-refractivity contribution in [1.82, 2.24) is 0 Å². The van der Waals surface area contributed by atoms with Crippen molar-refractivity contribution in [3.05, 3.63) is 46.7 Å². The quantitative estimate of drug-likeness (QED) is 0.315. The van der Waals surface area contributed by atoms with E-state index in [1.165, 1.54) is 6.92 Å². The highest BCUT2D eigenvalue weighted by atomic mass is 19.4. The van der Waals surface area contributed by atoms with Crippen LogP contribution in [0.4, 0.5) is 26.3 Å². The largest absolute Gasteiger partial charge is 0.416 e. The highest BCUT2D eigenvalue weighted by Gasteiger charge is 2.31. The zero-order valence-electron chi connectivity index (χ0n) is 13.4. The van der Waals surface area contributed by atoms with Crippen LogP contribution in [0.25, 0.3) is 0 Å². The van der Waals surface area contributed by atoms with E-state index in [1.807, 2.05) is 0 Å². The molecule has 1 rings (SSSR count).